The highest BCUT2D eigenvalue weighted by Crippen LogP contribution is 2.33. The molecule has 0 atom stereocenters. The van der Waals surface area contributed by atoms with Crippen LogP contribution in [0.2, 0.25) is 0 Å². The van der Waals surface area contributed by atoms with E-state index in [0.29, 0.717) is 35.3 Å². The minimum absolute atomic E-state index is 0.446. The molecule has 0 bridgehead atoms. The van der Waals surface area contributed by atoms with Crippen LogP contribution in [0, 0.1) is 0 Å². The number of nitrogens with one attached hydrogen (secondary N) is 1. The first kappa shape index (κ1) is 13.0. The first-order chi connectivity index (χ1) is 9.76. The van der Waals surface area contributed by atoms with Crippen LogP contribution in [-0.4, -0.2) is 30.3 Å². The van der Waals surface area contributed by atoms with E-state index in [2.05, 4.69) is 31.2 Å². The van der Waals surface area contributed by atoms with Crippen molar-refractivity contribution in [3.8, 4) is 17.4 Å². The van der Waals surface area contributed by atoms with Crippen LogP contribution in [0.3, 0.4) is 0 Å². The molecule has 1 aromatic carbocycles. The van der Waals surface area contributed by atoms with Gasteiger partial charge in [0.1, 0.15) is 13.2 Å². The maximum absolute atomic E-state index is 5.53. The summed E-state index contributed by atoms with van der Waals surface area (Å²) in [5.41, 5.74) is 0.818. The van der Waals surface area contributed by atoms with Gasteiger partial charge in [0.25, 0.3) is 0 Å². The highest BCUT2D eigenvalue weighted by molar-refractivity contribution is 9.10. The Morgan fingerprint density at radius 1 is 1.25 bits per heavy atom. The first-order valence-corrected chi connectivity index (χ1v) is 6.79. The Morgan fingerprint density at radius 2 is 2.05 bits per heavy atom. The van der Waals surface area contributed by atoms with Gasteiger partial charge in [0.15, 0.2) is 11.5 Å². The normalized spacial score (nSPS) is 12.9. The van der Waals surface area contributed by atoms with Crippen LogP contribution >= 0.6 is 15.9 Å². The number of aromatic nitrogens is 2. The molecule has 20 heavy (non-hydrogen) atoms. The average Bonchev–Trinajstić information content (AvgIpc) is 2.49. The van der Waals surface area contributed by atoms with E-state index < -0.39 is 0 Å². The number of anilines is 2. The van der Waals surface area contributed by atoms with Gasteiger partial charge < -0.3 is 19.5 Å². The number of halogens is 1. The lowest BCUT2D eigenvalue weighted by molar-refractivity contribution is 0.171. The minimum atomic E-state index is 0.446. The van der Waals surface area contributed by atoms with E-state index >= 15 is 0 Å². The van der Waals surface area contributed by atoms with E-state index in [1.165, 1.54) is 0 Å². The molecule has 0 aliphatic carbocycles. The zero-order valence-corrected chi connectivity index (χ0v) is 12.3. The molecule has 2 heterocycles. The predicted octanol–water partition coefficient (Wildman–Crippen LogP) is 2.76. The molecule has 0 radical (unpaired) electrons. The molecule has 0 unspecified atom stereocenters. The second-order valence-corrected chi connectivity index (χ2v) is 4.89. The van der Waals surface area contributed by atoms with Gasteiger partial charge in [-0.15, -0.1) is 0 Å². The number of methoxy groups -OCH3 is 1. The fourth-order valence-corrected chi connectivity index (χ4v) is 2.16. The summed E-state index contributed by atoms with van der Waals surface area (Å²) in [5, 5.41) is 3.10. The van der Waals surface area contributed by atoms with Crippen molar-refractivity contribution in [2.45, 2.75) is 0 Å². The van der Waals surface area contributed by atoms with Crippen molar-refractivity contribution >= 4 is 27.6 Å². The Balaban J connectivity index is 1.84. The van der Waals surface area contributed by atoms with E-state index in [-0.39, 0.29) is 0 Å². The first-order valence-electron chi connectivity index (χ1n) is 5.99. The van der Waals surface area contributed by atoms with Gasteiger partial charge >= 0.3 is 0 Å². The quantitative estimate of drug-likeness (QED) is 0.928. The molecule has 2 aromatic rings. The van der Waals surface area contributed by atoms with E-state index in [1.807, 2.05) is 18.2 Å². The summed E-state index contributed by atoms with van der Waals surface area (Å²) >= 11 is 3.31. The van der Waals surface area contributed by atoms with Crippen LogP contribution in [0.4, 0.5) is 11.6 Å². The average molecular weight is 338 g/mol. The number of fused-ring (bicyclic) bond motifs is 1. The summed E-state index contributed by atoms with van der Waals surface area (Å²) in [4.78, 5) is 8.41. The predicted molar refractivity (Wildman–Crippen MR) is 77.0 cm³/mol. The number of rotatable bonds is 3. The van der Waals surface area contributed by atoms with Crippen molar-refractivity contribution in [1.82, 2.24) is 9.97 Å². The Kier molecular flexibility index (Phi) is 3.60. The summed E-state index contributed by atoms with van der Waals surface area (Å²) in [7, 11) is 1.56. The maximum atomic E-state index is 5.53. The van der Waals surface area contributed by atoms with Gasteiger partial charge in [-0.25, -0.2) is 4.98 Å². The Morgan fingerprint density at radius 3 is 2.85 bits per heavy atom. The van der Waals surface area contributed by atoms with Crippen LogP contribution in [0.1, 0.15) is 0 Å². The molecule has 1 aliphatic rings. The van der Waals surface area contributed by atoms with Crippen LogP contribution in [-0.2, 0) is 0 Å². The maximum Gasteiger partial charge on any atom is 0.232 e. The Hall–Kier alpha value is -2.02. The number of hydrogen-bond acceptors (Lipinski definition) is 6. The van der Waals surface area contributed by atoms with Crippen LogP contribution in [0.15, 0.2) is 28.9 Å². The molecule has 0 amide bonds. The van der Waals surface area contributed by atoms with Crippen LogP contribution in [0.5, 0.6) is 17.4 Å². The molecule has 0 saturated carbocycles. The molecular formula is C13H12BrN3O3. The molecule has 0 spiro atoms. The van der Waals surface area contributed by atoms with Gasteiger partial charge in [-0.3, -0.25) is 0 Å². The van der Waals surface area contributed by atoms with Crippen molar-refractivity contribution in [2.75, 3.05) is 25.6 Å². The lowest BCUT2D eigenvalue weighted by Gasteiger charge is -2.19. The summed E-state index contributed by atoms with van der Waals surface area (Å²) in [6.07, 6.45) is 1.63. The largest absolute Gasteiger partial charge is 0.486 e. The summed E-state index contributed by atoms with van der Waals surface area (Å²) in [6, 6.07) is 5.59. The smallest absolute Gasteiger partial charge is 0.232 e. The second-order valence-electron chi connectivity index (χ2n) is 4.03. The fourth-order valence-electron chi connectivity index (χ4n) is 1.81. The third-order valence-electron chi connectivity index (χ3n) is 2.70. The molecule has 6 nitrogen and oxygen atoms in total. The molecule has 1 N–H and O–H groups in total. The van der Waals surface area contributed by atoms with Gasteiger partial charge in [0, 0.05) is 11.8 Å². The highest BCUT2D eigenvalue weighted by Gasteiger charge is 2.12. The summed E-state index contributed by atoms with van der Waals surface area (Å²) < 4.78 is 16.8. The molecule has 0 saturated heterocycles. The topological polar surface area (TPSA) is 65.5 Å². The van der Waals surface area contributed by atoms with Crippen molar-refractivity contribution in [3.05, 3.63) is 28.9 Å². The molecule has 1 aliphatic heterocycles. The number of nitrogens with zero attached hydrogens (tertiary/aromatic N) is 2. The standard InChI is InChI=1S/C13H12BrN3O3/c1-18-12-9(14)7-15-13(17-12)16-8-2-3-10-11(6-8)20-5-4-19-10/h2-3,6-7H,4-5H2,1H3,(H,15,16,17). The second kappa shape index (κ2) is 5.54. The van der Waals surface area contributed by atoms with E-state index in [4.69, 9.17) is 14.2 Å². The summed E-state index contributed by atoms with van der Waals surface area (Å²) in [6.45, 7) is 1.13. The molecule has 1 aromatic heterocycles. The van der Waals surface area contributed by atoms with E-state index in [0.717, 1.165) is 11.4 Å². The lowest BCUT2D eigenvalue weighted by atomic mass is 10.2. The fraction of sp³-hybridized carbons (Fsp3) is 0.231. The van der Waals surface area contributed by atoms with Crippen molar-refractivity contribution in [3.63, 3.8) is 0 Å². The van der Waals surface area contributed by atoms with Gasteiger partial charge in [-0.1, -0.05) is 0 Å². The van der Waals surface area contributed by atoms with E-state index in [9.17, 15) is 0 Å². The number of benzene rings is 1. The minimum Gasteiger partial charge on any atom is -0.486 e. The SMILES string of the molecule is COc1nc(Nc2ccc3c(c2)OCCO3)ncc1Br. The van der Waals surface area contributed by atoms with Crippen LogP contribution < -0.4 is 19.5 Å². The molecule has 3 rings (SSSR count). The van der Waals surface area contributed by atoms with Crippen LogP contribution in [0.25, 0.3) is 0 Å². The van der Waals surface area contributed by atoms with Crippen molar-refractivity contribution in [1.29, 1.82) is 0 Å². The van der Waals surface area contributed by atoms with E-state index in [1.54, 1.807) is 13.3 Å². The third-order valence-corrected chi connectivity index (χ3v) is 3.25. The van der Waals surface area contributed by atoms with Gasteiger partial charge in [0.2, 0.25) is 11.8 Å². The zero-order valence-electron chi connectivity index (χ0n) is 10.7. The highest BCUT2D eigenvalue weighted by atomic mass is 79.9. The monoisotopic (exact) mass is 337 g/mol. The molecule has 0 fully saturated rings. The third kappa shape index (κ3) is 2.62. The number of hydrogen-bond donors (Lipinski definition) is 1. The Labute approximate surface area is 124 Å². The van der Waals surface area contributed by atoms with Gasteiger partial charge in [0.05, 0.1) is 17.8 Å². The molecule has 104 valence electrons. The number of ether oxygens (including phenoxy) is 3. The van der Waals surface area contributed by atoms with Gasteiger partial charge in [-0.2, -0.15) is 4.98 Å². The molecular weight excluding hydrogens is 326 g/mol. The van der Waals surface area contributed by atoms with Crippen molar-refractivity contribution < 1.29 is 14.2 Å². The van der Waals surface area contributed by atoms with Gasteiger partial charge in [-0.05, 0) is 28.1 Å². The Bertz CT molecular complexity index is 636. The zero-order chi connectivity index (χ0) is 13.9. The molecule has 7 heteroatoms. The van der Waals surface area contributed by atoms with Crippen molar-refractivity contribution in [2.24, 2.45) is 0 Å². The summed E-state index contributed by atoms with van der Waals surface area (Å²) in [5.74, 6) is 2.38. The lowest BCUT2D eigenvalue weighted by Crippen LogP contribution is -2.15.